The fourth-order valence-corrected chi connectivity index (χ4v) is 2.54. The summed E-state index contributed by atoms with van der Waals surface area (Å²) in [5, 5.41) is 9.44. The molecule has 0 saturated carbocycles. The molecule has 1 aromatic heterocycles. The van der Waals surface area contributed by atoms with Crippen molar-refractivity contribution < 1.29 is 9.53 Å². The minimum atomic E-state index is -0.426. The Balaban J connectivity index is 2.16. The maximum absolute atomic E-state index is 11.0. The van der Waals surface area contributed by atoms with E-state index in [0.717, 1.165) is 17.6 Å². The summed E-state index contributed by atoms with van der Waals surface area (Å²) in [6, 6.07) is 5.59. The lowest BCUT2D eigenvalue weighted by molar-refractivity contribution is -0.113. The Morgan fingerprint density at radius 1 is 1.56 bits per heavy atom. The molecule has 0 amide bonds. The third-order valence-electron chi connectivity index (χ3n) is 2.85. The molecule has 1 aromatic rings. The smallest absolute Gasteiger partial charge is 0.182 e. The van der Waals surface area contributed by atoms with E-state index in [2.05, 4.69) is 6.07 Å². The summed E-state index contributed by atoms with van der Waals surface area (Å²) in [4.78, 5) is 11.6. The highest BCUT2D eigenvalue weighted by Gasteiger charge is 2.25. The van der Waals surface area contributed by atoms with Gasteiger partial charge in [0, 0.05) is 5.41 Å². The molecule has 1 aliphatic rings. The van der Waals surface area contributed by atoms with Crippen molar-refractivity contribution in [2.24, 2.45) is 5.41 Å². The monoisotopic (exact) mass is 259 g/mol. The third kappa shape index (κ3) is 2.52. The van der Waals surface area contributed by atoms with Crippen molar-refractivity contribution in [3.05, 3.63) is 40.5 Å². The quantitative estimate of drug-likeness (QED) is 0.781. The summed E-state index contributed by atoms with van der Waals surface area (Å²) >= 11 is 1.31. The Labute approximate surface area is 110 Å². The van der Waals surface area contributed by atoms with Crippen LogP contribution in [0.25, 0.3) is 0 Å². The van der Waals surface area contributed by atoms with Crippen LogP contribution in [0, 0.1) is 16.7 Å². The molecular formula is C14H13NO2S. The number of hydrogen-bond donors (Lipinski definition) is 0. The van der Waals surface area contributed by atoms with E-state index in [4.69, 9.17) is 10.00 Å². The summed E-state index contributed by atoms with van der Waals surface area (Å²) in [7, 11) is 0. The molecule has 0 spiro atoms. The van der Waals surface area contributed by atoms with Crippen molar-refractivity contribution in [1.82, 2.24) is 0 Å². The van der Waals surface area contributed by atoms with Gasteiger partial charge in [-0.3, -0.25) is 0 Å². The minimum absolute atomic E-state index is 0.426. The average Bonchev–Trinajstić information content (AvgIpc) is 2.81. The number of ether oxygens (including phenoxy) is 1. The van der Waals surface area contributed by atoms with E-state index in [1.807, 2.05) is 26.0 Å². The molecule has 1 atom stereocenters. The lowest BCUT2D eigenvalue weighted by atomic mass is 9.81. The van der Waals surface area contributed by atoms with E-state index in [1.165, 1.54) is 11.3 Å². The summed E-state index contributed by atoms with van der Waals surface area (Å²) in [6.07, 6.45) is 5.32. The SMILES string of the molecule is CC1=C(Oc2ccc(C#N)s2)C=CC(C)(C=O)C1. The first-order valence-corrected chi connectivity index (χ1v) is 6.41. The van der Waals surface area contributed by atoms with Crippen LogP contribution in [0.3, 0.4) is 0 Å². The molecule has 0 fully saturated rings. The second-order valence-corrected chi connectivity index (χ2v) is 5.66. The van der Waals surface area contributed by atoms with Gasteiger partial charge in [-0.15, -0.1) is 0 Å². The van der Waals surface area contributed by atoms with Crippen molar-refractivity contribution in [3.63, 3.8) is 0 Å². The first-order valence-electron chi connectivity index (χ1n) is 5.59. The number of carbonyl (C=O) groups is 1. The second kappa shape index (κ2) is 4.79. The van der Waals surface area contributed by atoms with E-state index >= 15 is 0 Å². The summed E-state index contributed by atoms with van der Waals surface area (Å²) < 4.78 is 5.73. The average molecular weight is 259 g/mol. The zero-order valence-corrected chi connectivity index (χ0v) is 11.1. The summed E-state index contributed by atoms with van der Waals surface area (Å²) in [6.45, 7) is 3.86. The predicted octanol–water partition coefficient (Wildman–Crippen LogP) is 3.44. The van der Waals surface area contributed by atoms with Crippen LogP contribution in [-0.2, 0) is 4.79 Å². The standard InChI is InChI=1S/C14H13NO2S/c1-10-7-14(2,9-16)6-5-12(10)17-13-4-3-11(8-15)18-13/h3-6,9H,7H2,1-2H3. The normalized spacial score (nSPS) is 22.7. The predicted molar refractivity (Wildman–Crippen MR) is 70.3 cm³/mol. The zero-order valence-electron chi connectivity index (χ0n) is 10.3. The van der Waals surface area contributed by atoms with E-state index in [9.17, 15) is 4.79 Å². The van der Waals surface area contributed by atoms with Crippen LogP contribution in [0.1, 0.15) is 25.1 Å². The van der Waals surface area contributed by atoms with Gasteiger partial charge in [-0.25, -0.2) is 0 Å². The molecule has 0 bridgehead atoms. The molecule has 0 aliphatic heterocycles. The number of nitriles is 1. The Bertz CT molecular complexity index is 577. The van der Waals surface area contributed by atoms with Crippen molar-refractivity contribution in [2.75, 3.05) is 0 Å². The van der Waals surface area contributed by atoms with Crippen LogP contribution in [-0.4, -0.2) is 6.29 Å². The zero-order chi connectivity index (χ0) is 13.2. The molecule has 0 N–H and O–H groups in total. The fraction of sp³-hybridized carbons (Fsp3) is 0.286. The summed E-state index contributed by atoms with van der Waals surface area (Å²) in [5.74, 6) is 0.765. The Morgan fingerprint density at radius 3 is 2.89 bits per heavy atom. The number of nitrogens with zero attached hydrogens (tertiary/aromatic N) is 1. The van der Waals surface area contributed by atoms with Gasteiger partial charge in [0.05, 0.1) is 0 Å². The summed E-state index contributed by atoms with van der Waals surface area (Å²) in [5.41, 5.74) is 0.614. The Morgan fingerprint density at radius 2 is 2.33 bits per heavy atom. The van der Waals surface area contributed by atoms with Crippen LogP contribution in [0.2, 0.25) is 0 Å². The van der Waals surface area contributed by atoms with E-state index in [-0.39, 0.29) is 0 Å². The maximum atomic E-state index is 11.0. The van der Waals surface area contributed by atoms with Crippen molar-refractivity contribution >= 4 is 17.6 Å². The third-order valence-corrected chi connectivity index (χ3v) is 3.72. The minimum Gasteiger partial charge on any atom is -0.447 e. The molecule has 1 aliphatic carbocycles. The van der Waals surface area contributed by atoms with Crippen LogP contribution in [0.5, 0.6) is 5.06 Å². The van der Waals surface area contributed by atoms with E-state index in [1.54, 1.807) is 12.1 Å². The van der Waals surface area contributed by atoms with Crippen LogP contribution in [0.15, 0.2) is 35.6 Å². The molecular weight excluding hydrogens is 246 g/mol. The van der Waals surface area contributed by atoms with Crippen LogP contribution >= 0.6 is 11.3 Å². The lowest BCUT2D eigenvalue weighted by Gasteiger charge is -2.24. The molecule has 18 heavy (non-hydrogen) atoms. The van der Waals surface area contributed by atoms with Crippen molar-refractivity contribution in [1.29, 1.82) is 5.26 Å². The number of hydrogen-bond acceptors (Lipinski definition) is 4. The highest BCUT2D eigenvalue weighted by atomic mass is 32.1. The van der Waals surface area contributed by atoms with Crippen molar-refractivity contribution in [3.8, 4) is 11.1 Å². The molecule has 1 heterocycles. The van der Waals surface area contributed by atoms with Gasteiger partial charge in [-0.2, -0.15) is 5.26 Å². The first kappa shape index (κ1) is 12.6. The Kier molecular flexibility index (Phi) is 3.35. The van der Waals surface area contributed by atoms with E-state index < -0.39 is 5.41 Å². The molecule has 1 unspecified atom stereocenters. The number of allylic oxidation sites excluding steroid dienone is 3. The molecule has 3 nitrogen and oxygen atoms in total. The molecule has 2 rings (SSSR count). The molecule has 4 heteroatoms. The molecule has 0 radical (unpaired) electrons. The van der Waals surface area contributed by atoms with E-state index in [0.29, 0.717) is 16.4 Å². The maximum Gasteiger partial charge on any atom is 0.182 e. The van der Waals surface area contributed by atoms with Gasteiger partial charge in [-0.05, 0) is 44.1 Å². The number of thiophene rings is 1. The van der Waals surface area contributed by atoms with Crippen LogP contribution < -0.4 is 4.74 Å². The highest BCUT2D eigenvalue weighted by Crippen LogP contribution is 2.34. The largest absolute Gasteiger partial charge is 0.447 e. The first-order chi connectivity index (χ1) is 8.56. The second-order valence-electron chi connectivity index (χ2n) is 4.61. The van der Waals surface area contributed by atoms with Crippen molar-refractivity contribution in [2.45, 2.75) is 20.3 Å². The molecule has 0 saturated heterocycles. The number of carbonyl (C=O) groups excluding carboxylic acids is 1. The van der Waals surface area contributed by atoms with Gasteiger partial charge in [0.15, 0.2) is 5.06 Å². The van der Waals surface area contributed by atoms with Gasteiger partial charge >= 0.3 is 0 Å². The molecule has 0 aromatic carbocycles. The Hall–Kier alpha value is -1.86. The number of rotatable bonds is 3. The van der Waals surface area contributed by atoms with Crippen LogP contribution in [0.4, 0.5) is 0 Å². The van der Waals surface area contributed by atoms with Gasteiger partial charge in [0.25, 0.3) is 0 Å². The lowest BCUT2D eigenvalue weighted by Crippen LogP contribution is -2.19. The van der Waals surface area contributed by atoms with Gasteiger partial charge in [0.2, 0.25) is 0 Å². The highest BCUT2D eigenvalue weighted by molar-refractivity contribution is 7.14. The van der Waals surface area contributed by atoms with Gasteiger partial charge in [-0.1, -0.05) is 17.4 Å². The topological polar surface area (TPSA) is 50.1 Å². The number of aldehydes is 1. The fourth-order valence-electron chi connectivity index (χ4n) is 1.87. The molecule has 92 valence electrons. The van der Waals surface area contributed by atoms with Gasteiger partial charge < -0.3 is 9.53 Å². The van der Waals surface area contributed by atoms with Gasteiger partial charge in [0.1, 0.15) is 23.0 Å².